The second kappa shape index (κ2) is 7.24. The highest BCUT2D eigenvalue weighted by atomic mass is 16.5. The minimum Gasteiger partial charge on any atom is -0.327 e. The van der Waals surface area contributed by atoms with E-state index in [1.807, 2.05) is 0 Å². The molecule has 0 bridgehead atoms. The second-order valence-corrected chi connectivity index (χ2v) is 5.89. The van der Waals surface area contributed by atoms with E-state index in [-0.39, 0.29) is 16.4 Å². The smallest absolute Gasteiger partial charge is 0.327 e. The van der Waals surface area contributed by atoms with Crippen molar-refractivity contribution in [2.45, 2.75) is 0 Å². The van der Waals surface area contributed by atoms with Crippen LogP contribution in [0.25, 0.3) is 22.1 Å². The molecular weight excluding hydrogens is 358 g/mol. The number of nitrogens with one attached hydrogen (secondary N) is 1. The van der Waals surface area contributed by atoms with Crippen LogP contribution in [-0.4, -0.2) is 9.48 Å². The van der Waals surface area contributed by atoms with E-state index in [0.717, 1.165) is 9.48 Å². The van der Waals surface area contributed by atoms with Crippen molar-refractivity contribution < 1.29 is 9.05 Å². The Hall–Kier alpha value is -4.13. The summed E-state index contributed by atoms with van der Waals surface area (Å²) in [6, 6.07) is 23.5. The molecule has 28 heavy (non-hydrogen) atoms. The van der Waals surface area contributed by atoms with Crippen LogP contribution >= 0.6 is 0 Å². The number of fused-ring (bicyclic) bond motifs is 1. The third kappa shape index (κ3) is 3.16. The molecule has 7 heteroatoms. The summed E-state index contributed by atoms with van der Waals surface area (Å²) in [6.07, 6.45) is 0. The summed E-state index contributed by atoms with van der Waals surface area (Å²) in [7, 11) is 0. The number of para-hydroxylation sites is 2. The number of hydrogen-bond acceptors (Lipinski definition) is 5. The van der Waals surface area contributed by atoms with Crippen molar-refractivity contribution in [2.75, 3.05) is 0 Å². The lowest BCUT2D eigenvalue weighted by molar-refractivity contribution is 0.236. The molecule has 1 heterocycles. The van der Waals surface area contributed by atoms with Gasteiger partial charge in [0.2, 0.25) is 0 Å². The lowest BCUT2D eigenvalue weighted by Gasteiger charge is -2.06. The molecule has 0 aliphatic rings. The van der Waals surface area contributed by atoms with Crippen molar-refractivity contribution in [3.8, 4) is 11.4 Å². The third-order valence-corrected chi connectivity index (χ3v) is 4.08. The van der Waals surface area contributed by atoms with Gasteiger partial charge in [-0.3, -0.25) is 5.41 Å². The first-order chi connectivity index (χ1) is 13.6. The fourth-order valence-electron chi connectivity index (χ4n) is 2.75. The molecule has 7 nitrogen and oxygen atoms in total. The molecule has 1 aromatic heterocycles. The van der Waals surface area contributed by atoms with Gasteiger partial charge in [-0.05, 0) is 36.4 Å². The number of hydrogen-bond donors (Lipinski definition) is 1. The van der Waals surface area contributed by atoms with Crippen LogP contribution in [0.5, 0.6) is 0 Å². The third-order valence-electron chi connectivity index (χ3n) is 4.08. The number of aromatic nitrogens is 2. The van der Waals surface area contributed by atoms with Crippen LogP contribution in [0.2, 0.25) is 0 Å². The summed E-state index contributed by atoms with van der Waals surface area (Å²) in [5, 5.41) is 8.70. The standard InChI is InChI=1S/C21H15N3O4/c22-21-23(15-9-3-1-4-10-15)27-19(25)17-13-7-8-14-18(17)20(26)28-24(21)16-11-5-2-6-12-16/h1-14,22H. The van der Waals surface area contributed by atoms with Gasteiger partial charge in [-0.1, -0.05) is 48.5 Å². The molecule has 0 unspecified atom stereocenters. The Bertz CT molecular complexity index is 1260. The van der Waals surface area contributed by atoms with Gasteiger partial charge in [-0.25, -0.2) is 9.59 Å². The summed E-state index contributed by atoms with van der Waals surface area (Å²) in [5.74, 6) is 0. The molecule has 0 aliphatic carbocycles. The monoisotopic (exact) mass is 373 g/mol. The molecule has 4 aromatic rings. The fraction of sp³-hybridized carbons (Fsp3) is 0. The molecule has 0 radical (unpaired) electrons. The Labute approximate surface area is 158 Å². The van der Waals surface area contributed by atoms with Crippen LogP contribution in [0.1, 0.15) is 0 Å². The highest BCUT2D eigenvalue weighted by molar-refractivity contribution is 5.79. The molecule has 0 saturated heterocycles. The predicted octanol–water partition coefficient (Wildman–Crippen LogP) is 2.93. The van der Waals surface area contributed by atoms with Crippen molar-refractivity contribution >= 4 is 10.8 Å². The molecule has 0 spiro atoms. The van der Waals surface area contributed by atoms with E-state index in [4.69, 9.17) is 14.5 Å². The Kier molecular flexibility index (Phi) is 4.47. The van der Waals surface area contributed by atoms with E-state index in [1.165, 1.54) is 12.1 Å². The maximum Gasteiger partial charge on any atom is 0.364 e. The lowest BCUT2D eigenvalue weighted by Crippen LogP contribution is -2.28. The van der Waals surface area contributed by atoms with Gasteiger partial charge in [0.15, 0.2) is 0 Å². The minimum absolute atomic E-state index is 0.0520. The van der Waals surface area contributed by atoms with Gasteiger partial charge < -0.3 is 9.05 Å². The van der Waals surface area contributed by atoms with Gasteiger partial charge in [0.05, 0.1) is 22.1 Å². The molecule has 1 N–H and O–H groups in total. The van der Waals surface area contributed by atoms with Gasteiger partial charge >= 0.3 is 11.3 Å². The van der Waals surface area contributed by atoms with Crippen LogP contribution in [0.4, 0.5) is 0 Å². The molecule has 4 rings (SSSR count). The number of benzene rings is 3. The summed E-state index contributed by atoms with van der Waals surface area (Å²) >= 11 is 0. The SMILES string of the molecule is N=c1n(-c2ccccc2)oc(=O)c2ccccc2c(=O)on1-c1ccccc1. The zero-order chi connectivity index (χ0) is 19.5. The lowest BCUT2D eigenvalue weighted by atomic mass is 10.2. The van der Waals surface area contributed by atoms with Crippen LogP contribution in [0, 0.1) is 5.41 Å². The number of nitrogens with zero attached hydrogens (tertiary/aromatic N) is 2. The molecule has 3 aromatic carbocycles. The average Bonchev–Trinajstić information content (AvgIpc) is 2.79. The topological polar surface area (TPSA) is 94.1 Å². The summed E-state index contributed by atoms with van der Waals surface area (Å²) < 4.78 is 13.0. The second-order valence-electron chi connectivity index (χ2n) is 5.89. The minimum atomic E-state index is -0.768. The molecule has 0 atom stereocenters. The first kappa shape index (κ1) is 17.3. The van der Waals surface area contributed by atoms with Crippen LogP contribution in [0.15, 0.2) is 104 Å². The van der Waals surface area contributed by atoms with Gasteiger partial charge in [0.1, 0.15) is 0 Å². The number of rotatable bonds is 2. The highest BCUT2D eigenvalue weighted by Crippen LogP contribution is 2.07. The molecule has 138 valence electrons. The van der Waals surface area contributed by atoms with Crippen LogP contribution in [-0.2, 0) is 0 Å². The van der Waals surface area contributed by atoms with Crippen molar-refractivity contribution in [3.05, 3.63) is 111 Å². The van der Waals surface area contributed by atoms with Crippen molar-refractivity contribution in [3.63, 3.8) is 0 Å². The van der Waals surface area contributed by atoms with Crippen LogP contribution in [0.3, 0.4) is 0 Å². The van der Waals surface area contributed by atoms with E-state index < -0.39 is 11.3 Å². The Morgan fingerprint density at radius 1 is 0.571 bits per heavy atom. The normalized spacial score (nSPS) is 10.6. The zero-order valence-corrected chi connectivity index (χ0v) is 14.6. The van der Waals surface area contributed by atoms with Crippen molar-refractivity contribution in [1.29, 1.82) is 5.41 Å². The van der Waals surface area contributed by atoms with Crippen LogP contribution < -0.4 is 16.9 Å². The molecule has 0 fully saturated rings. The quantitative estimate of drug-likeness (QED) is 0.584. The largest absolute Gasteiger partial charge is 0.364 e. The van der Waals surface area contributed by atoms with Gasteiger partial charge in [0.25, 0.3) is 5.62 Å². The van der Waals surface area contributed by atoms with Gasteiger partial charge in [-0.15, -0.1) is 9.48 Å². The van der Waals surface area contributed by atoms with E-state index in [1.54, 1.807) is 72.8 Å². The molecule has 0 aliphatic heterocycles. The summed E-state index contributed by atoms with van der Waals surface area (Å²) in [5.41, 5.74) is -1.03. The Morgan fingerprint density at radius 3 is 1.32 bits per heavy atom. The van der Waals surface area contributed by atoms with E-state index in [0.29, 0.717) is 11.4 Å². The summed E-state index contributed by atoms with van der Waals surface area (Å²) in [6.45, 7) is 0. The molecule has 0 saturated carbocycles. The average molecular weight is 373 g/mol. The first-order valence-corrected chi connectivity index (χ1v) is 8.47. The van der Waals surface area contributed by atoms with E-state index in [9.17, 15) is 9.59 Å². The molecule has 0 amide bonds. The van der Waals surface area contributed by atoms with Crippen molar-refractivity contribution in [1.82, 2.24) is 9.48 Å². The van der Waals surface area contributed by atoms with Gasteiger partial charge in [0, 0.05) is 0 Å². The van der Waals surface area contributed by atoms with Crippen molar-refractivity contribution in [2.24, 2.45) is 0 Å². The Balaban J connectivity index is 2.27. The Morgan fingerprint density at radius 2 is 0.929 bits per heavy atom. The van der Waals surface area contributed by atoms with E-state index >= 15 is 0 Å². The molecular formula is C21H15N3O4. The maximum atomic E-state index is 12.7. The van der Waals surface area contributed by atoms with E-state index in [2.05, 4.69) is 0 Å². The zero-order valence-electron chi connectivity index (χ0n) is 14.6. The first-order valence-electron chi connectivity index (χ1n) is 8.47. The van der Waals surface area contributed by atoms with Gasteiger partial charge in [-0.2, -0.15) is 0 Å². The highest BCUT2D eigenvalue weighted by Gasteiger charge is 2.09. The summed E-state index contributed by atoms with van der Waals surface area (Å²) in [4.78, 5) is 25.5. The fourth-order valence-corrected chi connectivity index (χ4v) is 2.75. The maximum absolute atomic E-state index is 12.7. The predicted molar refractivity (Wildman–Crippen MR) is 103 cm³/mol.